The van der Waals surface area contributed by atoms with E-state index in [1.54, 1.807) is 0 Å². The molecule has 1 saturated heterocycles. The predicted octanol–water partition coefficient (Wildman–Crippen LogP) is 2.46. The maximum Gasteiger partial charge on any atom is 0.0863 e. The van der Waals surface area contributed by atoms with Crippen LogP contribution in [0.3, 0.4) is 0 Å². The van der Waals surface area contributed by atoms with Gasteiger partial charge >= 0.3 is 0 Å². The molecule has 1 aliphatic carbocycles. The lowest BCUT2D eigenvalue weighted by atomic mass is 9.64. The largest absolute Gasteiger partial charge is 0.388 e. The molecule has 2 rings (SSSR count). The molecule has 0 aromatic carbocycles. The van der Waals surface area contributed by atoms with E-state index < -0.39 is 11.0 Å². The first kappa shape index (κ1) is 13.8. The van der Waals surface area contributed by atoms with Crippen LogP contribution in [0.1, 0.15) is 52.4 Å². The number of nitrogens with zero attached hydrogens (tertiary/aromatic N) is 1. The third-order valence-corrected chi connectivity index (χ3v) is 5.47. The molecule has 1 heterocycles. The van der Waals surface area contributed by atoms with Crippen molar-refractivity contribution < 1.29 is 5.11 Å². The highest BCUT2D eigenvalue weighted by atomic mass is 16.3. The summed E-state index contributed by atoms with van der Waals surface area (Å²) in [5.74, 6) is 0.842. The van der Waals surface area contributed by atoms with E-state index in [1.165, 1.54) is 0 Å². The molecule has 2 aliphatic rings. The molecule has 0 aromatic heterocycles. The zero-order valence-electron chi connectivity index (χ0n) is 11.7. The Bertz CT molecular complexity index is 328. The van der Waals surface area contributed by atoms with E-state index in [4.69, 9.17) is 0 Å². The first-order valence-corrected chi connectivity index (χ1v) is 7.40. The average Bonchev–Trinajstić information content (AvgIpc) is 2.85. The molecule has 3 heteroatoms. The maximum atomic E-state index is 11.0. The second-order valence-electron chi connectivity index (χ2n) is 6.40. The van der Waals surface area contributed by atoms with Crippen molar-refractivity contribution in [1.82, 2.24) is 5.32 Å². The SMILES string of the molecule is CCC1CCC(C#N)(C(C)(O)C2CCCNC2)C1. The molecule has 0 spiro atoms. The van der Waals surface area contributed by atoms with Crippen molar-refractivity contribution in [3.63, 3.8) is 0 Å². The standard InChI is InChI=1S/C15H26N2O/c1-3-12-6-7-15(9-12,11-16)14(2,18)13-5-4-8-17-10-13/h12-13,17-18H,3-10H2,1-2H3. The van der Waals surface area contributed by atoms with Gasteiger partial charge in [0.1, 0.15) is 0 Å². The Balaban J connectivity index is 2.18. The molecule has 0 radical (unpaired) electrons. The second kappa shape index (κ2) is 5.19. The minimum atomic E-state index is -0.848. The number of nitrogens with one attached hydrogen (secondary N) is 1. The molecule has 18 heavy (non-hydrogen) atoms. The van der Waals surface area contributed by atoms with Crippen molar-refractivity contribution in [2.24, 2.45) is 17.3 Å². The van der Waals surface area contributed by atoms with Crippen molar-refractivity contribution >= 4 is 0 Å². The van der Waals surface area contributed by atoms with Gasteiger partial charge < -0.3 is 10.4 Å². The normalized spacial score (nSPS) is 40.1. The maximum absolute atomic E-state index is 11.0. The molecule has 4 unspecified atom stereocenters. The lowest BCUT2D eigenvalue weighted by Gasteiger charge is -2.45. The van der Waals surface area contributed by atoms with Gasteiger partial charge in [0, 0.05) is 12.5 Å². The first-order chi connectivity index (χ1) is 8.55. The topological polar surface area (TPSA) is 56.0 Å². The number of hydrogen-bond acceptors (Lipinski definition) is 3. The van der Waals surface area contributed by atoms with Crippen molar-refractivity contribution in [2.75, 3.05) is 13.1 Å². The van der Waals surface area contributed by atoms with E-state index in [0.717, 1.165) is 51.6 Å². The van der Waals surface area contributed by atoms with Crippen LogP contribution < -0.4 is 5.32 Å². The molecule has 102 valence electrons. The van der Waals surface area contributed by atoms with Gasteiger partial charge in [-0.2, -0.15) is 5.26 Å². The zero-order chi connectivity index (χ0) is 13.2. The molecule has 1 aliphatic heterocycles. The van der Waals surface area contributed by atoms with Crippen LogP contribution in [0, 0.1) is 28.6 Å². The van der Waals surface area contributed by atoms with E-state index in [9.17, 15) is 10.4 Å². The van der Waals surface area contributed by atoms with Gasteiger partial charge in [-0.25, -0.2) is 0 Å². The van der Waals surface area contributed by atoms with Gasteiger partial charge in [0.2, 0.25) is 0 Å². The molecular weight excluding hydrogens is 224 g/mol. The molecule has 2 N–H and O–H groups in total. The van der Waals surface area contributed by atoms with E-state index in [-0.39, 0.29) is 5.92 Å². The lowest BCUT2D eigenvalue weighted by Crippen LogP contribution is -2.54. The molecular formula is C15H26N2O. The number of aliphatic hydroxyl groups is 1. The van der Waals surface area contributed by atoms with Crippen LogP contribution in [-0.4, -0.2) is 23.8 Å². The van der Waals surface area contributed by atoms with Crippen LogP contribution in [-0.2, 0) is 0 Å². The molecule has 3 nitrogen and oxygen atoms in total. The van der Waals surface area contributed by atoms with Crippen LogP contribution in [0.4, 0.5) is 0 Å². The summed E-state index contributed by atoms with van der Waals surface area (Å²) in [6.07, 6.45) is 6.12. The summed E-state index contributed by atoms with van der Waals surface area (Å²) in [5.41, 5.74) is -1.36. The Labute approximate surface area is 111 Å². The Morgan fingerprint density at radius 2 is 2.28 bits per heavy atom. The highest BCUT2D eigenvalue weighted by molar-refractivity contribution is 5.15. The Morgan fingerprint density at radius 1 is 1.50 bits per heavy atom. The minimum Gasteiger partial charge on any atom is -0.388 e. The summed E-state index contributed by atoms with van der Waals surface area (Å²) in [7, 11) is 0. The van der Waals surface area contributed by atoms with Gasteiger partial charge in [-0.05, 0) is 51.5 Å². The fraction of sp³-hybridized carbons (Fsp3) is 0.933. The Morgan fingerprint density at radius 3 is 2.78 bits per heavy atom. The Hall–Kier alpha value is -0.590. The fourth-order valence-electron chi connectivity index (χ4n) is 3.89. The van der Waals surface area contributed by atoms with E-state index in [1.807, 2.05) is 6.92 Å². The average molecular weight is 250 g/mol. The van der Waals surface area contributed by atoms with E-state index in [2.05, 4.69) is 18.3 Å². The van der Waals surface area contributed by atoms with E-state index >= 15 is 0 Å². The van der Waals surface area contributed by atoms with Gasteiger partial charge in [0.15, 0.2) is 0 Å². The number of hydrogen-bond donors (Lipinski definition) is 2. The summed E-state index contributed by atoms with van der Waals surface area (Å²) in [6, 6.07) is 2.50. The molecule has 4 atom stereocenters. The van der Waals surface area contributed by atoms with Crippen LogP contribution >= 0.6 is 0 Å². The van der Waals surface area contributed by atoms with Crippen LogP contribution in [0.2, 0.25) is 0 Å². The fourth-order valence-corrected chi connectivity index (χ4v) is 3.89. The van der Waals surface area contributed by atoms with Gasteiger partial charge in [0.05, 0.1) is 17.1 Å². The Kier molecular flexibility index (Phi) is 3.99. The number of rotatable bonds is 3. The first-order valence-electron chi connectivity index (χ1n) is 7.40. The molecule has 0 amide bonds. The van der Waals surface area contributed by atoms with Crippen molar-refractivity contribution in [3.05, 3.63) is 0 Å². The zero-order valence-corrected chi connectivity index (χ0v) is 11.7. The van der Waals surface area contributed by atoms with Crippen molar-refractivity contribution in [2.45, 2.75) is 58.0 Å². The van der Waals surface area contributed by atoms with Gasteiger partial charge in [-0.3, -0.25) is 0 Å². The summed E-state index contributed by atoms with van der Waals surface area (Å²) in [6.45, 7) is 6.00. The highest BCUT2D eigenvalue weighted by Crippen LogP contribution is 2.52. The second-order valence-corrected chi connectivity index (χ2v) is 6.40. The quantitative estimate of drug-likeness (QED) is 0.809. The molecule has 1 saturated carbocycles. The minimum absolute atomic E-state index is 0.224. The highest BCUT2D eigenvalue weighted by Gasteiger charge is 2.55. The monoisotopic (exact) mass is 250 g/mol. The van der Waals surface area contributed by atoms with Gasteiger partial charge in [-0.15, -0.1) is 0 Å². The molecule has 0 aromatic rings. The summed E-state index contributed by atoms with van der Waals surface area (Å²) < 4.78 is 0. The number of nitriles is 1. The number of piperidine rings is 1. The van der Waals surface area contributed by atoms with Crippen LogP contribution in [0.15, 0.2) is 0 Å². The summed E-state index contributed by atoms with van der Waals surface area (Å²) in [5, 5.41) is 24.1. The van der Waals surface area contributed by atoms with Crippen LogP contribution in [0.5, 0.6) is 0 Å². The molecule has 2 fully saturated rings. The summed E-state index contributed by atoms with van der Waals surface area (Å²) in [4.78, 5) is 0. The summed E-state index contributed by atoms with van der Waals surface area (Å²) >= 11 is 0. The van der Waals surface area contributed by atoms with Crippen molar-refractivity contribution in [1.29, 1.82) is 5.26 Å². The van der Waals surface area contributed by atoms with Gasteiger partial charge in [0.25, 0.3) is 0 Å². The van der Waals surface area contributed by atoms with Crippen molar-refractivity contribution in [3.8, 4) is 6.07 Å². The third kappa shape index (κ3) is 2.17. The van der Waals surface area contributed by atoms with Gasteiger partial charge in [-0.1, -0.05) is 13.3 Å². The van der Waals surface area contributed by atoms with Crippen LogP contribution in [0.25, 0.3) is 0 Å². The predicted molar refractivity (Wildman–Crippen MR) is 71.9 cm³/mol. The molecule has 0 bridgehead atoms. The third-order valence-electron chi connectivity index (χ3n) is 5.47. The lowest BCUT2D eigenvalue weighted by molar-refractivity contribution is -0.0919. The smallest absolute Gasteiger partial charge is 0.0863 e. The van der Waals surface area contributed by atoms with E-state index in [0.29, 0.717) is 5.92 Å².